The zero-order valence-electron chi connectivity index (χ0n) is 15.6. The van der Waals surface area contributed by atoms with Crippen molar-refractivity contribution in [1.29, 1.82) is 0 Å². The van der Waals surface area contributed by atoms with E-state index in [9.17, 15) is 9.59 Å². The lowest BCUT2D eigenvalue weighted by molar-refractivity contribution is 0.0951. The minimum Gasteiger partial charge on any atom is -0.348 e. The molecule has 3 aromatic rings. The molecule has 2 amide bonds. The normalized spacial score (nSPS) is 10.4. The van der Waals surface area contributed by atoms with E-state index in [4.69, 9.17) is 11.6 Å². The number of aryl methyl sites for hydroxylation is 2. The molecule has 0 saturated carbocycles. The number of nitrogens with one attached hydrogen (secondary N) is 2. The summed E-state index contributed by atoms with van der Waals surface area (Å²) in [4.78, 5) is 29.1. The van der Waals surface area contributed by atoms with Crippen LogP contribution in [-0.2, 0) is 6.54 Å². The Balaban J connectivity index is 1.69. The van der Waals surface area contributed by atoms with Gasteiger partial charge in [0.1, 0.15) is 5.69 Å². The lowest BCUT2D eigenvalue weighted by Crippen LogP contribution is -2.24. The van der Waals surface area contributed by atoms with Crippen molar-refractivity contribution >= 4 is 29.1 Å². The molecule has 0 aliphatic heterocycles. The number of hydrogen-bond donors (Lipinski definition) is 2. The average Bonchev–Trinajstić information content (AvgIpc) is 2.69. The Labute approximate surface area is 168 Å². The summed E-state index contributed by atoms with van der Waals surface area (Å²) in [5.41, 5.74) is 4.14. The molecular weight excluding hydrogens is 374 g/mol. The van der Waals surface area contributed by atoms with Gasteiger partial charge in [0, 0.05) is 29.0 Å². The predicted molar refractivity (Wildman–Crippen MR) is 111 cm³/mol. The number of carbonyl (C=O) groups is 2. The summed E-state index contributed by atoms with van der Waals surface area (Å²) in [7, 11) is 0. The summed E-state index contributed by atoms with van der Waals surface area (Å²) in [6, 6.07) is 16.1. The fourth-order valence-corrected chi connectivity index (χ4v) is 2.96. The Kier molecular flexibility index (Phi) is 6.06. The molecule has 0 aliphatic rings. The van der Waals surface area contributed by atoms with E-state index in [1.165, 1.54) is 12.3 Å². The van der Waals surface area contributed by atoms with Crippen LogP contribution in [0.3, 0.4) is 0 Å². The number of amides is 2. The molecule has 0 aliphatic carbocycles. The Bertz CT molecular complexity index is 1030. The molecule has 1 aromatic heterocycles. The highest BCUT2D eigenvalue weighted by atomic mass is 35.5. The molecule has 5 nitrogen and oxygen atoms in total. The molecule has 0 unspecified atom stereocenters. The SMILES string of the molecule is Cc1ccc(NC(=O)c2cc(C(=O)NCc3ccccc3Cl)ccn2)c(C)c1. The third-order valence-electron chi connectivity index (χ3n) is 4.28. The first-order chi connectivity index (χ1) is 13.4. The van der Waals surface area contributed by atoms with Crippen molar-refractivity contribution in [3.05, 3.63) is 93.8 Å². The number of anilines is 1. The highest BCUT2D eigenvalue weighted by molar-refractivity contribution is 6.31. The number of halogens is 1. The maximum Gasteiger partial charge on any atom is 0.274 e. The average molecular weight is 394 g/mol. The van der Waals surface area contributed by atoms with Gasteiger partial charge in [-0.25, -0.2) is 0 Å². The van der Waals surface area contributed by atoms with Gasteiger partial charge in [0.05, 0.1) is 0 Å². The van der Waals surface area contributed by atoms with Crippen LogP contribution in [0.25, 0.3) is 0 Å². The van der Waals surface area contributed by atoms with Crippen LogP contribution in [0.15, 0.2) is 60.8 Å². The number of benzene rings is 2. The summed E-state index contributed by atoms with van der Waals surface area (Å²) in [5, 5.41) is 6.23. The molecule has 6 heteroatoms. The first kappa shape index (κ1) is 19.6. The number of carbonyl (C=O) groups excluding carboxylic acids is 2. The topological polar surface area (TPSA) is 71.1 Å². The third-order valence-corrected chi connectivity index (χ3v) is 4.65. The summed E-state index contributed by atoms with van der Waals surface area (Å²) in [5.74, 6) is -0.671. The van der Waals surface area contributed by atoms with Gasteiger partial charge in [-0.3, -0.25) is 14.6 Å². The van der Waals surface area contributed by atoms with Crippen LogP contribution in [0.4, 0.5) is 5.69 Å². The monoisotopic (exact) mass is 393 g/mol. The van der Waals surface area contributed by atoms with Crippen LogP contribution in [0.5, 0.6) is 0 Å². The van der Waals surface area contributed by atoms with Gasteiger partial charge in [-0.15, -0.1) is 0 Å². The number of pyridine rings is 1. The smallest absolute Gasteiger partial charge is 0.274 e. The van der Waals surface area contributed by atoms with Crippen molar-refractivity contribution < 1.29 is 9.59 Å². The van der Waals surface area contributed by atoms with Crippen LogP contribution < -0.4 is 10.6 Å². The fraction of sp³-hybridized carbons (Fsp3) is 0.136. The van der Waals surface area contributed by atoms with Gasteiger partial charge >= 0.3 is 0 Å². The highest BCUT2D eigenvalue weighted by Crippen LogP contribution is 2.17. The van der Waals surface area contributed by atoms with E-state index in [1.54, 1.807) is 12.1 Å². The Morgan fingerprint density at radius 2 is 1.79 bits per heavy atom. The molecule has 2 N–H and O–H groups in total. The second-order valence-electron chi connectivity index (χ2n) is 6.48. The van der Waals surface area contributed by atoms with Crippen LogP contribution in [0.2, 0.25) is 5.02 Å². The molecular formula is C22H20ClN3O2. The van der Waals surface area contributed by atoms with Crippen molar-refractivity contribution in [2.75, 3.05) is 5.32 Å². The highest BCUT2D eigenvalue weighted by Gasteiger charge is 2.13. The lowest BCUT2D eigenvalue weighted by Gasteiger charge is -2.10. The molecule has 1 heterocycles. The predicted octanol–water partition coefficient (Wildman–Crippen LogP) is 4.53. The third kappa shape index (κ3) is 4.75. The van der Waals surface area contributed by atoms with Gasteiger partial charge < -0.3 is 10.6 Å². The van der Waals surface area contributed by atoms with Gasteiger partial charge in [-0.1, -0.05) is 47.5 Å². The number of hydrogen-bond acceptors (Lipinski definition) is 3. The Hall–Kier alpha value is -3.18. The summed E-state index contributed by atoms with van der Waals surface area (Å²) >= 11 is 6.11. The minimum atomic E-state index is -0.368. The molecule has 0 radical (unpaired) electrons. The lowest BCUT2D eigenvalue weighted by atomic mass is 10.1. The van der Waals surface area contributed by atoms with E-state index in [2.05, 4.69) is 15.6 Å². The Morgan fingerprint density at radius 1 is 1.00 bits per heavy atom. The van der Waals surface area contributed by atoms with Gasteiger partial charge in [0.15, 0.2) is 0 Å². The van der Waals surface area contributed by atoms with E-state index >= 15 is 0 Å². The fourth-order valence-electron chi connectivity index (χ4n) is 2.76. The van der Waals surface area contributed by atoms with Gasteiger partial charge in [0.2, 0.25) is 0 Å². The molecule has 0 saturated heterocycles. The molecule has 3 rings (SSSR count). The maximum absolute atomic E-state index is 12.5. The van der Waals surface area contributed by atoms with E-state index in [-0.39, 0.29) is 17.5 Å². The van der Waals surface area contributed by atoms with E-state index < -0.39 is 0 Å². The first-order valence-electron chi connectivity index (χ1n) is 8.80. The zero-order chi connectivity index (χ0) is 20.1. The van der Waals surface area contributed by atoms with E-state index in [1.807, 2.05) is 50.2 Å². The second-order valence-corrected chi connectivity index (χ2v) is 6.88. The number of rotatable bonds is 5. The molecule has 0 spiro atoms. The largest absolute Gasteiger partial charge is 0.348 e. The van der Waals surface area contributed by atoms with Crippen LogP contribution in [-0.4, -0.2) is 16.8 Å². The van der Waals surface area contributed by atoms with Crippen molar-refractivity contribution in [3.63, 3.8) is 0 Å². The molecule has 0 atom stereocenters. The van der Waals surface area contributed by atoms with E-state index in [0.717, 1.165) is 16.7 Å². The maximum atomic E-state index is 12.5. The second kappa shape index (κ2) is 8.67. The van der Waals surface area contributed by atoms with Crippen LogP contribution in [0.1, 0.15) is 37.5 Å². The van der Waals surface area contributed by atoms with Crippen molar-refractivity contribution in [3.8, 4) is 0 Å². The van der Waals surface area contributed by atoms with E-state index in [0.29, 0.717) is 22.8 Å². The number of aromatic nitrogens is 1. The molecule has 0 fully saturated rings. The summed E-state index contributed by atoms with van der Waals surface area (Å²) in [6.45, 7) is 4.21. The molecule has 28 heavy (non-hydrogen) atoms. The summed E-state index contributed by atoms with van der Waals surface area (Å²) in [6.07, 6.45) is 1.45. The quantitative estimate of drug-likeness (QED) is 0.668. The zero-order valence-corrected chi connectivity index (χ0v) is 16.4. The molecule has 0 bridgehead atoms. The Morgan fingerprint density at radius 3 is 2.54 bits per heavy atom. The van der Waals surface area contributed by atoms with Gasteiger partial charge in [0.25, 0.3) is 11.8 Å². The van der Waals surface area contributed by atoms with Crippen molar-refractivity contribution in [2.24, 2.45) is 0 Å². The minimum absolute atomic E-state index is 0.172. The van der Waals surface area contributed by atoms with Crippen molar-refractivity contribution in [1.82, 2.24) is 10.3 Å². The van der Waals surface area contributed by atoms with Crippen molar-refractivity contribution in [2.45, 2.75) is 20.4 Å². The van der Waals surface area contributed by atoms with Gasteiger partial charge in [-0.05, 0) is 49.2 Å². The standard InChI is InChI=1S/C22H20ClN3O2/c1-14-7-8-19(15(2)11-14)26-22(28)20-12-16(9-10-24-20)21(27)25-13-17-5-3-4-6-18(17)23/h3-12H,13H2,1-2H3,(H,25,27)(H,26,28). The number of nitrogens with zero attached hydrogens (tertiary/aromatic N) is 1. The molecule has 2 aromatic carbocycles. The summed E-state index contributed by atoms with van der Waals surface area (Å²) < 4.78 is 0. The molecule has 142 valence electrons. The first-order valence-corrected chi connectivity index (χ1v) is 9.18. The van der Waals surface area contributed by atoms with Crippen LogP contribution in [0, 0.1) is 13.8 Å². The van der Waals surface area contributed by atoms with Crippen LogP contribution >= 0.6 is 11.6 Å². The van der Waals surface area contributed by atoms with Gasteiger partial charge in [-0.2, -0.15) is 0 Å².